The number of hydrogen-bond donors (Lipinski definition) is 2. The lowest BCUT2D eigenvalue weighted by Crippen LogP contribution is -2.16. The fourth-order valence-electron chi connectivity index (χ4n) is 5.46. The second kappa shape index (κ2) is 23.2. The van der Waals surface area contributed by atoms with Gasteiger partial charge in [-0.05, 0) is 70.0 Å². The lowest BCUT2D eigenvalue weighted by Gasteiger charge is -2.13. The summed E-state index contributed by atoms with van der Waals surface area (Å²) in [7, 11) is 0. The van der Waals surface area contributed by atoms with Gasteiger partial charge in [0.25, 0.3) is 0 Å². The molecule has 3 N–H and O–H groups in total. The van der Waals surface area contributed by atoms with Crippen molar-refractivity contribution in [3.63, 3.8) is 0 Å². The summed E-state index contributed by atoms with van der Waals surface area (Å²) >= 11 is 9.44. The van der Waals surface area contributed by atoms with Crippen molar-refractivity contribution in [2.24, 2.45) is 5.73 Å². The number of ether oxygens (including phenoxy) is 2. The van der Waals surface area contributed by atoms with Crippen molar-refractivity contribution in [3.8, 4) is 23.5 Å². The number of Topliss-reactive ketones (excluding diaryl/α,β-unsaturated/α-hetero) is 1. The first-order chi connectivity index (χ1) is 28.5. The maximum atomic E-state index is 12.2. The molecule has 0 saturated carbocycles. The van der Waals surface area contributed by atoms with E-state index in [1.807, 2.05) is 69.8 Å². The van der Waals surface area contributed by atoms with E-state index in [1.54, 1.807) is 38.4 Å². The predicted molar refractivity (Wildman–Crippen MR) is 233 cm³/mol. The van der Waals surface area contributed by atoms with E-state index in [4.69, 9.17) is 15.6 Å². The Morgan fingerprint density at radius 2 is 1.14 bits per heavy atom. The van der Waals surface area contributed by atoms with Crippen LogP contribution < -0.4 is 5.73 Å². The number of nitriles is 2. The number of thioether (sulfide) groups is 2. The molecule has 0 fully saturated rings. The van der Waals surface area contributed by atoms with Gasteiger partial charge < -0.3 is 20.3 Å². The minimum absolute atomic E-state index is 0.0200. The fourth-order valence-corrected chi connectivity index (χ4v) is 8.21. The van der Waals surface area contributed by atoms with Crippen LogP contribution in [0.2, 0.25) is 0 Å². The van der Waals surface area contributed by atoms with Gasteiger partial charge in [0.15, 0.2) is 10.3 Å². The minimum atomic E-state index is -0.898. The van der Waals surface area contributed by atoms with Gasteiger partial charge in [-0.15, -0.1) is 0 Å². The average molecular weight is 964 g/mol. The van der Waals surface area contributed by atoms with E-state index in [9.17, 15) is 29.7 Å². The Hall–Kier alpha value is -5.50. The van der Waals surface area contributed by atoms with Crippen molar-refractivity contribution in [1.82, 2.24) is 19.1 Å². The molecule has 0 spiro atoms. The van der Waals surface area contributed by atoms with E-state index in [0.717, 1.165) is 53.9 Å². The molecule has 14 nitrogen and oxygen atoms in total. The average Bonchev–Trinajstić information content (AvgIpc) is 3.81. The van der Waals surface area contributed by atoms with Crippen molar-refractivity contribution in [2.45, 2.75) is 37.0 Å². The summed E-state index contributed by atoms with van der Waals surface area (Å²) in [6, 6.07) is 27.0. The number of esters is 2. The van der Waals surface area contributed by atoms with Crippen LogP contribution >= 0.6 is 55.4 Å². The van der Waals surface area contributed by atoms with Gasteiger partial charge >= 0.3 is 17.9 Å². The zero-order valence-electron chi connectivity index (χ0n) is 31.8. The first kappa shape index (κ1) is 46.2. The molecule has 59 heavy (non-hydrogen) atoms. The SMILES string of the molecule is CCOC(=O)CCC(=O)CSc1ncc(Br)n1-c1ccc(C#N)c2ccccc12.CCOC(=O)CN.N#Cc1ccc(-n2c(Br)cnc2SCC(=O)O)c2ccccc12. The third-order valence-corrected chi connectivity index (χ3v) is 11.0. The van der Waals surface area contributed by atoms with Gasteiger partial charge in [-0.2, -0.15) is 10.5 Å². The Balaban J connectivity index is 0.000000229. The Morgan fingerprint density at radius 3 is 1.54 bits per heavy atom. The number of aliphatic carboxylic acids is 1. The largest absolute Gasteiger partial charge is 0.481 e. The third kappa shape index (κ3) is 12.5. The molecule has 2 aromatic heterocycles. The van der Waals surface area contributed by atoms with Crippen LogP contribution in [0.3, 0.4) is 0 Å². The molecule has 18 heteroatoms. The highest BCUT2D eigenvalue weighted by Crippen LogP contribution is 2.34. The van der Waals surface area contributed by atoms with Crippen molar-refractivity contribution in [3.05, 3.63) is 106 Å². The van der Waals surface area contributed by atoms with Crippen LogP contribution in [0.1, 0.15) is 37.8 Å². The maximum Gasteiger partial charge on any atom is 0.319 e. The van der Waals surface area contributed by atoms with Crippen molar-refractivity contribution in [2.75, 3.05) is 31.3 Å². The van der Waals surface area contributed by atoms with Gasteiger partial charge in [-0.3, -0.25) is 28.3 Å². The molecule has 2 heterocycles. The molecular formula is C41H37Br2N7O7S2. The van der Waals surface area contributed by atoms with Crippen molar-refractivity contribution < 1.29 is 33.8 Å². The third-order valence-electron chi connectivity index (χ3n) is 7.97. The number of carbonyl (C=O) groups is 4. The highest BCUT2D eigenvalue weighted by atomic mass is 79.9. The number of carboxylic acid groups (broad SMARTS) is 1. The Kier molecular flexibility index (Phi) is 18.2. The van der Waals surface area contributed by atoms with Crippen molar-refractivity contribution >= 4 is 101 Å². The second-order valence-corrected chi connectivity index (χ2v) is 15.3. The van der Waals surface area contributed by atoms with Crippen molar-refractivity contribution in [1.29, 1.82) is 10.5 Å². The summed E-state index contributed by atoms with van der Waals surface area (Å²) in [6.45, 7) is 4.18. The van der Waals surface area contributed by atoms with Gasteiger partial charge in [0.05, 0.1) is 84.7 Å². The molecule has 4 aromatic carbocycles. The standard InChI is InChI=1S/C21H18BrN3O3S.C16H10BrN3O2S.C4H9NO2/c1-2-28-20(27)10-8-15(26)13-29-21-24-12-19(22)25(21)18-9-7-14(11-23)16-5-3-4-6-17(16)18;17-14-8-19-16(23-9-15(21)22)20(14)13-6-5-10(7-18)11-3-1-2-4-12(11)13;1-2-7-4(6)3-5/h3-7,9,12H,2,8,10,13H2,1H3;1-6,8H,9H2,(H,21,22);2-3,5H2,1H3. The topological polar surface area (TPSA) is 216 Å². The number of carboxylic acids is 1. The van der Waals surface area contributed by atoms with Crippen LogP contribution in [0.25, 0.3) is 32.9 Å². The summed E-state index contributed by atoms with van der Waals surface area (Å²) in [5.41, 5.74) is 7.79. The van der Waals surface area contributed by atoms with E-state index in [0.29, 0.717) is 34.7 Å². The molecule has 0 aliphatic heterocycles. The summed E-state index contributed by atoms with van der Waals surface area (Å²) in [6.07, 6.45) is 3.55. The van der Waals surface area contributed by atoms with Crippen LogP contribution in [0.5, 0.6) is 0 Å². The fraction of sp³-hybridized carbons (Fsp3) is 0.220. The quantitative estimate of drug-likeness (QED) is 0.0781. The number of fused-ring (bicyclic) bond motifs is 2. The van der Waals surface area contributed by atoms with Gasteiger partial charge in [0.2, 0.25) is 0 Å². The van der Waals surface area contributed by atoms with Crippen LogP contribution in [0, 0.1) is 22.7 Å². The van der Waals surface area contributed by atoms with E-state index >= 15 is 0 Å². The molecular weight excluding hydrogens is 926 g/mol. The molecule has 0 bridgehead atoms. The molecule has 0 atom stereocenters. The zero-order chi connectivity index (χ0) is 42.9. The number of nitrogens with zero attached hydrogens (tertiary/aromatic N) is 6. The predicted octanol–water partition coefficient (Wildman–Crippen LogP) is 8.01. The molecule has 0 aliphatic carbocycles. The number of hydrogen-bond acceptors (Lipinski definition) is 13. The molecule has 304 valence electrons. The second-order valence-electron chi connectivity index (χ2n) is 11.8. The lowest BCUT2D eigenvalue weighted by atomic mass is 10.0. The van der Waals surface area contributed by atoms with Crippen LogP contribution in [0.4, 0.5) is 0 Å². The number of rotatable bonds is 14. The first-order valence-corrected chi connectivity index (χ1v) is 21.3. The van der Waals surface area contributed by atoms with Gasteiger partial charge in [-0.25, -0.2) is 9.97 Å². The van der Waals surface area contributed by atoms with E-state index < -0.39 is 5.97 Å². The molecule has 6 aromatic rings. The summed E-state index contributed by atoms with van der Waals surface area (Å²) in [5.74, 6) is -1.51. The highest BCUT2D eigenvalue weighted by Gasteiger charge is 2.18. The molecule has 0 amide bonds. The maximum absolute atomic E-state index is 12.2. The number of carbonyl (C=O) groups excluding carboxylic acids is 3. The monoisotopic (exact) mass is 961 g/mol. The summed E-state index contributed by atoms with van der Waals surface area (Å²) in [5, 5.41) is 32.3. The molecule has 0 unspecified atom stereocenters. The summed E-state index contributed by atoms with van der Waals surface area (Å²) < 4.78 is 14.5. The van der Waals surface area contributed by atoms with Gasteiger partial charge in [0.1, 0.15) is 15.0 Å². The Bertz CT molecular complexity index is 2550. The number of nitrogens with two attached hydrogens (primary N) is 1. The Labute approximate surface area is 365 Å². The molecule has 0 saturated heterocycles. The van der Waals surface area contributed by atoms with E-state index in [2.05, 4.69) is 58.7 Å². The lowest BCUT2D eigenvalue weighted by molar-refractivity contribution is -0.144. The number of halogens is 2. The van der Waals surface area contributed by atoms with E-state index in [1.165, 1.54) is 11.8 Å². The summed E-state index contributed by atoms with van der Waals surface area (Å²) in [4.78, 5) is 53.1. The normalized spacial score (nSPS) is 10.4. The zero-order valence-corrected chi connectivity index (χ0v) is 36.6. The number of benzene rings is 4. The van der Waals surface area contributed by atoms with Crippen LogP contribution in [0.15, 0.2) is 105 Å². The van der Waals surface area contributed by atoms with E-state index in [-0.39, 0.29) is 48.6 Å². The Morgan fingerprint density at radius 1 is 0.695 bits per heavy atom. The number of imidazole rings is 2. The van der Waals surface area contributed by atoms with Gasteiger partial charge in [0, 0.05) is 28.0 Å². The molecule has 0 aliphatic rings. The minimum Gasteiger partial charge on any atom is -0.481 e. The van der Waals surface area contributed by atoms with Crippen LogP contribution in [-0.2, 0) is 28.7 Å². The highest BCUT2D eigenvalue weighted by molar-refractivity contribution is 9.10. The van der Waals surface area contributed by atoms with Crippen LogP contribution in [-0.4, -0.2) is 79.2 Å². The first-order valence-electron chi connectivity index (χ1n) is 17.8. The number of ketones is 1. The molecule has 6 rings (SSSR count). The smallest absolute Gasteiger partial charge is 0.319 e. The van der Waals surface area contributed by atoms with Gasteiger partial charge in [-0.1, -0.05) is 72.1 Å². The molecule has 0 radical (unpaired) electrons. The number of aromatic nitrogens is 4.